The molecule has 0 amide bonds. The van der Waals surface area contributed by atoms with Crippen molar-refractivity contribution in [2.45, 2.75) is 37.7 Å². The van der Waals surface area contributed by atoms with Crippen LogP contribution in [0.3, 0.4) is 0 Å². The van der Waals surface area contributed by atoms with Gasteiger partial charge in [-0.1, -0.05) is 12.1 Å². The molecule has 1 aromatic carbocycles. The Kier molecular flexibility index (Phi) is 2.92. The van der Waals surface area contributed by atoms with Crippen molar-refractivity contribution in [3.8, 4) is 5.75 Å². The first-order valence-electron chi connectivity index (χ1n) is 5.58. The minimum atomic E-state index is -4.38. The quantitative estimate of drug-likeness (QED) is 0.819. The van der Waals surface area contributed by atoms with E-state index in [0.717, 1.165) is 0 Å². The van der Waals surface area contributed by atoms with Crippen molar-refractivity contribution in [3.63, 3.8) is 0 Å². The van der Waals surface area contributed by atoms with E-state index in [1.165, 1.54) is 13.0 Å². The van der Waals surface area contributed by atoms with Gasteiger partial charge in [0, 0.05) is 5.56 Å². The van der Waals surface area contributed by atoms with Gasteiger partial charge in [0.1, 0.15) is 15.9 Å². The molecule has 0 saturated carbocycles. The second-order valence-corrected chi connectivity index (χ2v) is 6.78. The Bertz CT molecular complexity index is 576. The third-order valence-electron chi connectivity index (χ3n) is 3.46. The predicted molar refractivity (Wildman–Crippen MR) is 64.2 cm³/mol. The lowest BCUT2D eigenvalue weighted by Gasteiger charge is -2.22. The predicted octanol–water partition coefficient (Wildman–Crippen LogP) is 1.28. The Morgan fingerprint density at radius 3 is 2.61 bits per heavy atom. The lowest BCUT2D eigenvalue weighted by molar-refractivity contribution is -0.0450. The van der Waals surface area contributed by atoms with Crippen LogP contribution in [0, 0.1) is 0 Å². The van der Waals surface area contributed by atoms with Crippen LogP contribution in [0.15, 0.2) is 18.2 Å². The van der Waals surface area contributed by atoms with Gasteiger partial charge in [0.05, 0.1) is 10.7 Å². The first-order valence-corrected chi connectivity index (χ1v) is 7.05. The number of rotatable bonds is 2. The minimum Gasteiger partial charge on any atom is -0.747 e. The summed E-state index contributed by atoms with van der Waals surface area (Å²) < 4.78 is 38.3. The van der Waals surface area contributed by atoms with Crippen LogP contribution in [-0.4, -0.2) is 24.4 Å². The van der Waals surface area contributed by atoms with Crippen LogP contribution in [0.1, 0.15) is 37.1 Å². The summed E-state index contributed by atoms with van der Waals surface area (Å²) in [5.41, 5.74) is 0.495. The molecule has 1 heterocycles. The molecule has 0 spiro atoms. The van der Waals surface area contributed by atoms with Crippen molar-refractivity contribution >= 4 is 10.1 Å². The van der Waals surface area contributed by atoms with Gasteiger partial charge in [-0.25, -0.2) is 8.42 Å². The van der Waals surface area contributed by atoms with Gasteiger partial charge in [0.25, 0.3) is 0 Å². The normalized spacial score (nSPS) is 23.3. The van der Waals surface area contributed by atoms with Crippen molar-refractivity contribution in [3.05, 3.63) is 29.3 Å². The number of benzene rings is 1. The molecule has 5 nitrogen and oxygen atoms in total. The van der Waals surface area contributed by atoms with Crippen LogP contribution in [0.2, 0.25) is 0 Å². The first kappa shape index (κ1) is 13.3. The van der Waals surface area contributed by atoms with Gasteiger partial charge >= 0.3 is 0 Å². The summed E-state index contributed by atoms with van der Waals surface area (Å²) in [5.74, 6) is 0.520. The molecule has 2 rings (SSSR count). The summed E-state index contributed by atoms with van der Waals surface area (Å²) in [6, 6.07) is 4.74. The second kappa shape index (κ2) is 3.94. The molecule has 1 aliphatic rings. The Morgan fingerprint density at radius 2 is 2.06 bits per heavy atom. The molecule has 1 aliphatic heterocycles. The van der Waals surface area contributed by atoms with Gasteiger partial charge in [-0.05, 0) is 32.4 Å². The van der Waals surface area contributed by atoms with E-state index in [0.29, 0.717) is 16.9 Å². The van der Waals surface area contributed by atoms with Gasteiger partial charge in [-0.2, -0.15) is 0 Å². The highest BCUT2D eigenvalue weighted by molar-refractivity contribution is 7.85. The Hall–Kier alpha value is -1.11. The highest BCUT2D eigenvalue weighted by Crippen LogP contribution is 2.43. The molecular formula is C12H15O5S-. The fourth-order valence-electron chi connectivity index (χ4n) is 1.97. The summed E-state index contributed by atoms with van der Waals surface area (Å²) in [4.78, 5) is 0. The van der Waals surface area contributed by atoms with Crippen LogP contribution in [0.4, 0.5) is 0 Å². The van der Waals surface area contributed by atoms with Crippen LogP contribution in [0.25, 0.3) is 0 Å². The van der Waals surface area contributed by atoms with Gasteiger partial charge < -0.3 is 14.4 Å². The van der Waals surface area contributed by atoms with Crippen molar-refractivity contribution in [1.29, 1.82) is 0 Å². The summed E-state index contributed by atoms with van der Waals surface area (Å²) in [7, 11) is -4.38. The van der Waals surface area contributed by atoms with Crippen LogP contribution in [-0.2, 0) is 15.5 Å². The molecule has 18 heavy (non-hydrogen) atoms. The number of hydrogen-bond donors (Lipinski definition) is 1. The fourth-order valence-corrected chi connectivity index (χ4v) is 2.45. The van der Waals surface area contributed by atoms with E-state index in [-0.39, 0.29) is 0 Å². The van der Waals surface area contributed by atoms with E-state index in [1.54, 1.807) is 26.0 Å². The Balaban J connectivity index is 2.50. The third-order valence-corrected chi connectivity index (χ3v) is 4.59. The average Bonchev–Trinajstić information content (AvgIpc) is 2.48. The molecule has 2 unspecified atom stereocenters. The van der Waals surface area contributed by atoms with Crippen LogP contribution in [0.5, 0.6) is 5.75 Å². The molecule has 100 valence electrons. The fraction of sp³-hybridized carbons (Fsp3) is 0.500. The maximum absolute atomic E-state index is 11.0. The van der Waals surface area contributed by atoms with Gasteiger partial charge in [0.15, 0.2) is 0 Å². The van der Waals surface area contributed by atoms with Crippen LogP contribution < -0.4 is 4.74 Å². The standard InChI is InChI=1S/C12H16O5S/c1-7(18(14,15)16)8-4-5-10-9(6-8)12(2,3)11(13)17-10/h4-7,11,13H,1-3H3,(H,14,15,16)/p-1. The molecule has 0 bridgehead atoms. The monoisotopic (exact) mass is 271 g/mol. The van der Waals surface area contributed by atoms with Gasteiger partial charge in [-0.15, -0.1) is 0 Å². The minimum absolute atomic E-state index is 0.412. The maximum Gasteiger partial charge on any atom is 0.206 e. The zero-order chi connectivity index (χ0) is 13.7. The molecular weight excluding hydrogens is 256 g/mol. The van der Waals surface area contributed by atoms with E-state index in [9.17, 15) is 18.1 Å². The molecule has 6 heteroatoms. The zero-order valence-electron chi connectivity index (χ0n) is 10.4. The summed E-state index contributed by atoms with van der Waals surface area (Å²) in [6.45, 7) is 4.94. The summed E-state index contributed by atoms with van der Waals surface area (Å²) >= 11 is 0. The second-order valence-electron chi connectivity index (χ2n) is 5.08. The number of aliphatic hydroxyl groups excluding tert-OH is 1. The number of fused-ring (bicyclic) bond motifs is 1. The number of ether oxygens (including phenoxy) is 1. The van der Waals surface area contributed by atoms with E-state index < -0.39 is 27.1 Å². The summed E-state index contributed by atoms with van der Waals surface area (Å²) in [5, 5.41) is 8.65. The Morgan fingerprint density at radius 1 is 1.44 bits per heavy atom. The lowest BCUT2D eigenvalue weighted by atomic mass is 9.84. The van der Waals surface area contributed by atoms with E-state index in [2.05, 4.69) is 0 Å². The van der Waals surface area contributed by atoms with Gasteiger partial charge in [-0.3, -0.25) is 0 Å². The topological polar surface area (TPSA) is 86.7 Å². The molecule has 0 radical (unpaired) electrons. The number of hydrogen-bond acceptors (Lipinski definition) is 5. The smallest absolute Gasteiger partial charge is 0.206 e. The molecule has 0 fully saturated rings. The molecule has 1 N–H and O–H groups in total. The van der Waals surface area contributed by atoms with Gasteiger partial charge in [0.2, 0.25) is 6.29 Å². The third kappa shape index (κ3) is 2.00. The van der Waals surface area contributed by atoms with Crippen molar-refractivity contribution in [1.82, 2.24) is 0 Å². The number of aliphatic hydroxyl groups is 1. The van der Waals surface area contributed by atoms with E-state index in [1.807, 2.05) is 0 Å². The molecule has 0 aliphatic carbocycles. The molecule has 1 aromatic rings. The zero-order valence-corrected chi connectivity index (χ0v) is 11.2. The SMILES string of the molecule is CC(c1ccc2c(c1)C(C)(C)C(O)O2)S(=O)(=O)[O-]. The van der Waals surface area contributed by atoms with E-state index in [4.69, 9.17) is 4.74 Å². The van der Waals surface area contributed by atoms with Crippen LogP contribution >= 0.6 is 0 Å². The molecule has 2 atom stereocenters. The molecule has 0 aromatic heterocycles. The average molecular weight is 271 g/mol. The maximum atomic E-state index is 11.0. The first-order chi connectivity index (χ1) is 8.14. The lowest BCUT2D eigenvalue weighted by Crippen LogP contribution is -2.31. The molecule has 0 saturated heterocycles. The van der Waals surface area contributed by atoms with Crippen molar-refractivity contribution in [2.75, 3.05) is 0 Å². The largest absolute Gasteiger partial charge is 0.747 e. The van der Waals surface area contributed by atoms with Crippen molar-refractivity contribution in [2.24, 2.45) is 0 Å². The van der Waals surface area contributed by atoms with E-state index >= 15 is 0 Å². The highest BCUT2D eigenvalue weighted by Gasteiger charge is 2.40. The highest BCUT2D eigenvalue weighted by atomic mass is 32.2. The Labute approximate surface area is 106 Å². The van der Waals surface area contributed by atoms with Crippen molar-refractivity contribution < 1.29 is 22.8 Å². The summed E-state index contributed by atoms with van der Waals surface area (Å²) in [6.07, 6.45) is -0.970.